The van der Waals surface area contributed by atoms with E-state index in [1.54, 1.807) is 0 Å². The number of nitrogens with zero attached hydrogens (tertiary/aromatic N) is 7. The van der Waals surface area contributed by atoms with Crippen molar-refractivity contribution in [3.8, 4) is 0 Å². The van der Waals surface area contributed by atoms with Crippen LogP contribution < -0.4 is 9.80 Å². The van der Waals surface area contributed by atoms with Crippen LogP contribution in [0.4, 0.5) is 11.8 Å². The van der Waals surface area contributed by atoms with Crippen LogP contribution in [-0.4, -0.2) is 77.1 Å². The first-order valence-corrected chi connectivity index (χ1v) is 9.70. The summed E-state index contributed by atoms with van der Waals surface area (Å²) in [5.41, 5.74) is 2.44. The van der Waals surface area contributed by atoms with Gasteiger partial charge in [0.15, 0.2) is 0 Å². The van der Waals surface area contributed by atoms with Gasteiger partial charge in [-0.3, -0.25) is 9.58 Å². The summed E-state index contributed by atoms with van der Waals surface area (Å²) in [6.45, 7) is 8.40. The van der Waals surface area contributed by atoms with Gasteiger partial charge in [0.1, 0.15) is 5.82 Å². The molecule has 2 aromatic heterocycles. The van der Waals surface area contributed by atoms with E-state index in [-0.39, 0.29) is 0 Å². The molecule has 0 radical (unpaired) electrons. The third kappa shape index (κ3) is 4.06. The Kier molecular flexibility index (Phi) is 5.27. The van der Waals surface area contributed by atoms with Crippen molar-refractivity contribution in [2.45, 2.75) is 25.9 Å². The highest BCUT2D eigenvalue weighted by molar-refractivity contribution is 5.44. The van der Waals surface area contributed by atoms with Gasteiger partial charge in [-0.2, -0.15) is 10.1 Å². The van der Waals surface area contributed by atoms with Gasteiger partial charge in [0.05, 0.1) is 18.9 Å². The Morgan fingerprint density at radius 3 is 2.81 bits per heavy atom. The average molecular weight is 371 g/mol. The Balaban J connectivity index is 1.39. The first-order valence-electron chi connectivity index (χ1n) is 9.70. The summed E-state index contributed by atoms with van der Waals surface area (Å²) in [4.78, 5) is 16.3. The Labute approximate surface area is 160 Å². The molecule has 0 spiro atoms. The van der Waals surface area contributed by atoms with E-state index in [4.69, 9.17) is 9.72 Å². The number of hydrogen-bond acceptors (Lipinski definition) is 7. The molecule has 146 valence electrons. The summed E-state index contributed by atoms with van der Waals surface area (Å²) in [5.74, 6) is 1.80. The molecule has 2 fully saturated rings. The molecule has 0 amide bonds. The van der Waals surface area contributed by atoms with E-state index >= 15 is 0 Å². The monoisotopic (exact) mass is 371 g/mol. The SMILES string of the molecule is Cc1nn(C)cc1CN1CCC(N(C)c2ccnc(N3CCOCC3)n2)C1. The lowest BCUT2D eigenvalue weighted by Gasteiger charge is -2.29. The van der Waals surface area contributed by atoms with Crippen LogP contribution in [0.2, 0.25) is 0 Å². The number of rotatable bonds is 5. The van der Waals surface area contributed by atoms with Crippen LogP contribution in [0.5, 0.6) is 0 Å². The second-order valence-corrected chi connectivity index (χ2v) is 7.52. The molecule has 2 aliphatic heterocycles. The highest BCUT2D eigenvalue weighted by Crippen LogP contribution is 2.23. The maximum atomic E-state index is 5.43. The number of morpholine rings is 1. The summed E-state index contributed by atoms with van der Waals surface area (Å²) in [6, 6.07) is 2.48. The zero-order chi connectivity index (χ0) is 18.8. The maximum absolute atomic E-state index is 5.43. The Morgan fingerprint density at radius 1 is 1.26 bits per heavy atom. The topological polar surface area (TPSA) is 62.6 Å². The van der Waals surface area contributed by atoms with E-state index in [2.05, 4.69) is 45.0 Å². The minimum Gasteiger partial charge on any atom is -0.378 e. The van der Waals surface area contributed by atoms with Crippen LogP contribution in [0.25, 0.3) is 0 Å². The Morgan fingerprint density at radius 2 is 2.07 bits per heavy atom. The molecule has 2 saturated heterocycles. The van der Waals surface area contributed by atoms with Gasteiger partial charge < -0.3 is 14.5 Å². The quantitative estimate of drug-likeness (QED) is 0.779. The van der Waals surface area contributed by atoms with Crippen molar-refractivity contribution in [2.24, 2.45) is 7.05 Å². The van der Waals surface area contributed by atoms with Crippen LogP contribution in [0.1, 0.15) is 17.7 Å². The normalized spacial score (nSPS) is 21.0. The minimum atomic E-state index is 0.467. The molecule has 0 N–H and O–H groups in total. The third-order valence-corrected chi connectivity index (χ3v) is 5.59. The van der Waals surface area contributed by atoms with Crippen LogP contribution in [-0.2, 0) is 18.3 Å². The molecule has 2 aliphatic rings. The number of anilines is 2. The Hall–Kier alpha value is -2.19. The fraction of sp³-hybridized carbons (Fsp3) is 0.632. The number of likely N-dealkylation sites (tertiary alicyclic amines) is 1. The van der Waals surface area contributed by atoms with Crippen LogP contribution in [0, 0.1) is 6.92 Å². The van der Waals surface area contributed by atoms with Crippen molar-refractivity contribution in [1.29, 1.82) is 0 Å². The summed E-state index contributed by atoms with van der Waals surface area (Å²) in [6.07, 6.45) is 5.15. The van der Waals surface area contributed by atoms with Gasteiger partial charge in [0.25, 0.3) is 0 Å². The van der Waals surface area contributed by atoms with E-state index in [1.807, 2.05) is 24.0 Å². The molecule has 1 atom stereocenters. The highest BCUT2D eigenvalue weighted by Gasteiger charge is 2.27. The van der Waals surface area contributed by atoms with Crippen molar-refractivity contribution in [3.05, 3.63) is 29.7 Å². The zero-order valence-electron chi connectivity index (χ0n) is 16.5. The smallest absolute Gasteiger partial charge is 0.227 e. The zero-order valence-corrected chi connectivity index (χ0v) is 16.5. The maximum Gasteiger partial charge on any atom is 0.227 e. The molecule has 4 rings (SSSR count). The number of likely N-dealkylation sites (N-methyl/N-ethyl adjacent to an activating group) is 1. The number of aromatic nitrogens is 4. The van der Waals surface area contributed by atoms with Crippen LogP contribution in [0.15, 0.2) is 18.5 Å². The standard InChI is InChI=1S/C19H29N7O/c1-15-16(12-23(2)22-15)13-25-7-5-17(14-25)24(3)18-4-6-20-19(21-18)26-8-10-27-11-9-26/h4,6,12,17H,5,7-11,13-14H2,1-3H3. The first kappa shape index (κ1) is 18.2. The van der Waals surface area contributed by atoms with Gasteiger partial charge in [-0.1, -0.05) is 0 Å². The van der Waals surface area contributed by atoms with Crippen molar-refractivity contribution in [3.63, 3.8) is 0 Å². The third-order valence-electron chi connectivity index (χ3n) is 5.59. The van der Waals surface area contributed by atoms with Crippen molar-refractivity contribution in [1.82, 2.24) is 24.6 Å². The van der Waals surface area contributed by atoms with E-state index in [0.717, 1.165) is 69.8 Å². The molecule has 8 heteroatoms. The van der Waals surface area contributed by atoms with Crippen LogP contribution in [0.3, 0.4) is 0 Å². The number of hydrogen-bond donors (Lipinski definition) is 0. The first-order chi connectivity index (χ1) is 13.1. The van der Waals surface area contributed by atoms with Gasteiger partial charge in [0, 0.05) is 70.8 Å². The van der Waals surface area contributed by atoms with Crippen molar-refractivity contribution in [2.75, 3.05) is 56.2 Å². The number of ether oxygens (including phenoxy) is 1. The molecule has 0 bridgehead atoms. The lowest BCUT2D eigenvalue weighted by molar-refractivity contribution is 0.122. The summed E-state index contributed by atoms with van der Waals surface area (Å²) < 4.78 is 7.33. The van der Waals surface area contributed by atoms with Gasteiger partial charge in [0.2, 0.25) is 5.95 Å². The van der Waals surface area contributed by atoms with E-state index in [1.165, 1.54) is 5.56 Å². The molecule has 8 nitrogen and oxygen atoms in total. The largest absolute Gasteiger partial charge is 0.378 e. The molecule has 0 aliphatic carbocycles. The molecule has 2 aromatic rings. The predicted molar refractivity (Wildman–Crippen MR) is 105 cm³/mol. The van der Waals surface area contributed by atoms with Gasteiger partial charge >= 0.3 is 0 Å². The van der Waals surface area contributed by atoms with Crippen molar-refractivity contribution >= 4 is 11.8 Å². The molecule has 0 aromatic carbocycles. The summed E-state index contributed by atoms with van der Waals surface area (Å²) >= 11 is 0. The predicted octanol–water partition coefficient (Wildman–Crippen LogP) is 1.07. The fourth-order valence-corrected chi connectivity index (χ4v) is 3.96. The molecular weight excluding hydrogens is 342 g/mol. The lowest BCUT2D eigenvalue weighted by atomic mass is 10.2. The molecule has 4 heterocycles. The average Bonchev–Trinajstić information content (AvgIpc) is 3.28. The van der Waals surface area contributed by atoms with Crippen molar-refractivity contribution < 1.29 is 4.74 Å². The molecule has 27 heavy (non-hydrogen) atoms. The summed E-state index contributed by atoms with van der Waals surface area (Å²) in [5, 5.41) is 4.46. The molecule has 0 saturated carbocycles. The van der Waals surface area contributed by atoms with Crippen LogP contribution >= 0.6 is 0 Å². The highest BCUT2D eigenvalue weighted by atomic mass is 16.5. The van der Waals surface area contributed by atoms with E-state index < -0.39 is 0 Å². The van der Waals surface area contributed by atoms with E-state index in [0.29, 0.717) is 6.04 Å². The van der Waals surface area contributed by atoms with E-state index in [9.17, 15) is 0 Å². The van der Waals surface area contributed by atoms with Gasteiger partial charge in [-0.05, 0) is 19.4 Å². The summed E-state index contributed by atoms with van der Waals surface area (Å²) in [7, 11) is 4.13. The van der Waals surface area contributed by atoms with Gasteiger partial charge in [-0.25, -0.2) is 4.98 Å². The fourth-order valence-electron chi connectivity index (χ4n) is 3.96. The second-order valence-electron chi connectivity index (χ2n) is 7.52. The molecule has 1 unspecified atom stereocenters. The van der Waals surface area contributed by atoms with Gasteiger partial charge in [-0.15, -0.1) is 0 Å². The Bertz CT molecular complexity index is 771. The second kappa shape index (κ2) is 7.82. The minimum absolute atomic E-state index is 0.467. The molecular formula is C19H29N7O. The number of aryl methyl sites for hydroxylation is 2. The lowest BCUT2D eigenvalue weighted by Crippen LogP contribution is -2.38.